The number of nitrogens with zero attached hydrogens (tertiary/aromatic N) is 5. The summed E-state index contributed by atoms with van der Waals surface area (Å²) in [5.74, 6) is -5.18. The number of aliphatic imine (C=N–C) groups is 1. The molecule has 2 atom stereocenters. The number of aromatic hydroxyl groups is 1. The van der Waals surface area contributed by atoms with Crippen molar-refractivity contribution in [3.05, 3.63) is 116 Å². The second-order valence-corrected chi connectivity index (χ2v) is 20.8. The molecule has 1 unspecified atom stereocenters. The summed E-state index contributed by atoms with van der Waals surface area (Å²) in [6.07, 6.45) is 1.84. The number of phenols is 1. The SMILES string of the molecule is CCC(=O)NCCNC(=O)/N=C(/N)NCCCC(NC(=O)[C@H](c1ccccc1)c1cccc(OCCCCNc2c(NCCNC(=O)CN3CCN(CC(=O)O)CCN(CC(=O)O)CCN(CC(=O)O)CC3)c(=O)c2=O)c1)C(=O)NCc1ccc(O)cc1.[In+3]. The van der Waals surface area contributed by atoms with E-state index in [2.05, 4.69) is 47.5 Å². The van der Waals surface area contributed by atoms with Gasteiger partial charge < -0.3 is 73.4 Å². The van der Waals surface area contributed by atoms with Gasteiger partial charge in [-0.15, -0.1) is 0 Å². The van der Waals surface area contributed by atoms with Crippen molar-refractivity contribution in [3.8, 4) is 11.5 Å². The predicted octanol–water partition coefficient (Wildman–Crippen LogP) is -1.26. The molecule has 5 rings (SSSR count). The zero-order valence-electron chi connectivity index (χ0n) is 50.0. The van der Waals surface area contributed by atoms with Crippen LogP contribution in [0, 0.1) is 0 Å². The van der Waals surface area contributed by atoms with E-state index >= 15 is 0 Å². The summed E-state index contributed by atoms with van der Waals surface area (Å²) >= 11 is 0. The Morgan fingerprint density at radius 2 is 1.10 bits per heavy atom. The zero-order valence-corrected chi connectivity index (χ0v) is 53.3. The molecule has 0 bridgehead atoms. The van der Waals surface area contributed by atoms with Gasteiger partial charge in [-0.3, -0.25) is 62.8 Å². The van der Waals surface area contributed by atoms with Gasteiger partial charge >= 0.3 is 49.8 Å². The van der Waals surface area contributed by atoms with Crippen LogP contribution in [0.1, 0.15) is 61.6 Å². The van der Waals surface area contributed by atoms with E-state index in [1.54, 1.807) is 87.2 Å². The number of ether oxygens (including phenoxy) is 1. The number of anilines is 2. The van der Waals surface area contributed by atoms with Crippen molar-refractivity contribution in [2.24, 2.45) is 10.7 Å². The van der Waals surface area contributed by atoms with Gasteiger partial charge in [0.25, 0.3) is 10.9 Å². The Morgan fingerprint density at radius 3 is 1.67 bits per heavy atom. The van der Waals surface area contributed by atoms with E-state index in [0.717, 1.165) is 0 Å². The molecular formula is C59H82InN14O15+3. The number of rotatable bonds is 34. The summed E-state index contributed by atoms with van der Waals surface area (Å²) in [7, 11) is 0. The number of carboxylic acid groups (broad SMARTS) is 3. The van der Waals surface area contributed by atoms with Crippen molar-refractivity contribution in [1.29, 1.82) is 0 Å². The number of hydrogen-bond donors (Lipinski definition) is 13. The largest absolute Gasteiger partial charge is 3.00 e. The van der Waals surface area contributed by atoms with Gasteiger partial charge in [0, 0.05) is 105 Å². The Kier molecular flexibility index (Phi) is 32.5. The van der Waals surface area contributed by atoms with E-state index in [4.69, 9.17) is 10.5 Å². The van der Waals surface area contributed by atoms with Crippen molar-refractivity contribution < 1.29 is 63.5 Å². The second-order valence-electron chi connectivity index (χ2n) is 20.8. The number of nitrogens with two attached hydrogens (primary N) is 1. The molecule has 0 aromatic heterocycles. The molecule has 4 aromatic rings. The van der Waals surface area contributed by atoms with Gasteiger partial charge in [-0.2, -0.15) is 4.99 Å². The molecule has 1 saturated heterocycles. The van der Waals surface area contributed by atoms with Crippen molar-refractivity contribution in [3.63, 3.8) is 0 Å². The van der Waals surface area contributed by atoms with Crippen LogP contribution in [0.2, 0.25) is 0 Å². The summed E-state index contributed by atoms with van der Waals surface area (Å²) in [6, 6.07) is 20.6. The molecule has 1 heterocycles. The molecule has 4 aromatic carbocycles. The van der Waals surface area contributed by atoms with Crippen LogP contribution >= 0.6 is 0 Å². The number of benzene rings is 3. The number of carbonyl (C=O) groups is 8. The van der Waals surface area contributed by atoms with Crippen LogP contribution in [0.3, 0.4) is 0 Å². The number of guanidine groups is 1. The van der Waals surface area contributed by atoms with E-state index in [0.29, 0.717) is 54.7 Å². The fourth-order valence-corrected chi connectivity index (χ4v) is 9.37. The van der Waals surface area contributed by atoms with E-state index in [1.807, 2.05) is 6.07 Å². The minimum absolute atomic E-state index is 0. The number of unbranched alkanes of at least 4 members (excludes halogenated alkanes) is 1. The first kappa shape index (κ1) is 73.2. The molecule has 14 N–H and O–H groups in total. The topological polar surface area (TPSA) is 408 Å². The third-order valence-electron chi connectivity index (χ3n) is 14.0. The monoisotopic (exact) mass is 1340 g/mol. The minimum atomic E-state index is -1.07. The minimum Gasteiger partial charge on any atom is -0.508 e. The summed E-state index contributed by atoms with van der Waals surface area (Å²) in [6.45, 7) is 4.10. The molecule has 30 heteroatoms. The summed E-state index contributed by atoms with van der Waals surface area (Å²) in [5, 5.41) is 60.8. The average molecular weight is 1340 g/mol. The number of phenolic OH excluding ortho intramolecular Hbond substituents is 1. The Labute approximate surface area is 534 Å². The number of hydrogen-bond acceptors (Lipinski definition) is 18. The molecule has 0 radical (unpaired) electrons. The Bertz CT molecular complexity index is 3010. The molecule has 1 aliphatic heterocycles. The second kappa shape index (κ2) is 39.5. The molecule has 0 saturated carbocycles. The molecule has 29 nitrogen and oxygen atoms in total. The van der Waals surface area contributed by atoms with E-state index in [-0.39, 0.29) is 192 Å². The van der Waals surface area contributed by atoms with Gasteiger partial charge in [0.05, 0.1) is 38.7 Å². The molecule has 478 valence electrons. The van der Waals surface area contributed by atoms with Gasteiger partial charge in [0.2, 0.25) is 23.6 Å². The van der Waals surface area contributed by atoms with Crippen LogP contribution in [0.4, 0.5) is 16.2 Å². The van der Waals surface area contributed by atoms with Gasteiger partial charge in [-0.25, -0.2) is 4.79 Å². The first-order valence-corrected chi connectivity index (χ1v) is 29.2. The van der Waals surface area contributed by atoms with Crippen molar-refractivity contribution in [2.75, 3.05) is 135 Å². The van der Waals surface area contributed by atoms with Crippen molar-refractivity contribution >= 4 is 90.7 Å². The van der Waals surface area contributed by atoms with Gasteiger partial charge in [0.1, 0.15) is 28.9 Å². The fraction of sp³-hybridized carbons (Fsp3) is 0.475. The maximum absolute atomic E-state index is 14.5. The van der Waals surface area contributed by atoms with E-state index in [1.165, 1.54) is 12.1 Å². The normalized spacial score (nSPS) is 14.5. The van der Waals surface area contributed by atoms with Gasteiger partial charge in [-0.05, 0) is 66.6 Å². The van der Waals surface area contributed by atoms with Gasteiger partial charge in [-0.1, -0.05) is 61.5 Å². The van der Waals surface area contributed by atoms with Crippen molar-refractivity contribution in [1.82, 2.24) is 51.5 Å². The Balaban J connectivity index is 0.0000169. The van der Waals surface area contributed by atoms with Crippen LogP contribution in [0.15, 0.2) is 93.4 Å². The third kappa shape index (κ3) is 27.3. The van der Waals surface area contributed by atoms with Crippen LogP contribution in [0.5, 0.6) is 11.5 Å². The quantitative estimate of drug-likeness (QED) is 0.0112. The smallest absolute Gasteiger partial charge is 0.508 e. The summed E-state index contributed by atoms with van der Waals surface area (Å²) in [5.41, 5.74) is 6.70. The summed E-state index contributed by atoms with van der Waals surface area (Å²) < 4.78 is 6.13. The molecule has 0 spiro atoms. The first-order chi connectivity index (χ1) is 42.3. The Morgan fingerprint density at radius 1 is 0.573 bits per heavy atom. The number of amides is 6. The third-order valence-corrected chi connectivity index (χ3v) is 14.0. The number of urea groups is 1. The van der Waals surface area contributed by atoms with E-state index in [9.17, 15) is 68.4 Å². The zero-order chi connectivity index (χ0) is 63.8. The molecule has 1 fully saturated rings. The molecule has 1 aliphatic rings. The van der Waals surface area contributed by atoms with Crippen LogP contribution in [-0.4, -0.2) is 250 Å². The maximum Gasteiger partial charge on any atom is 3.00 e. The fourth-order valence-electron chi connectivity index (χ4n) is 9.37. The number of nitrogens with one attached hydrogen (secondary N) is 8. The van der Waals surface area contributed by atoms with Gasteiger partial charge in [0.15, 0.2) is 5.96 Å². The predicted molar refractivity (Wildman–Crippen MR) is 333 cm³/mol. The number of aliphatic carboxylic acids is 3. The average Bonchev–Trinajstić information content (AvgIpc) is 2.12. The molecule has 89 heavy (non-hydrogen) atoms. The maximum atomic E-state index is 14.5. The molecule has 6 amide bonds. The Hall–Kier alpha value is -8.32. The number of carboxylic acids is 3. The number of carbonyl (C=O) groups excluding carboxylic acids is 5. The molecule has 0 aliphatic carbocycles. The summed E-state index contributed by atoms with van der Waals surface area (Å²) in [4.78, 5) is 136. The first-order valence-electron chi connectivity index (χ1n) is 29.2. The van der Waals surface area contributed by atoms with Crippen LogP contribution in [0.25, 0.3) is 0 Å². The van der Waals surface area contributed by atoms with E-state index < -0.39 is 58.6 Å². The van der Waals surface area contributed by atoms with Crippen LogP contribution < -0.4 is 63.9 Å². The molecular weight excluding hydrogens is 1260 g/mol. The standard InChI is InChI=1S/C59H82N14O15.In/c1-2-46(75)61-22-24-66-59(87)69-58(60)65-20-9-14-45(56(85)67-35-40-15-17-43(74)18-16-40)68-57(86)51(41-10-4-3-5-11-41)42-12-8-13-44(34-42)88-33-7-6-19-63-52-53(55(84)54(52)83)64-23-21-62-47(76)36-70-25-27-71(37-48(77)78)29-31-73(39-50(81)82)32-30-72(28-26-70)38-49(79)80;/h3-5,8,10-13,15-18,34,45,51,63-64,74H,2,6-7,9,14,19-33,35-39H2,1H3,(H,61,75)(H,62,76)(H,67,85)(H,68,86)(H,77,78)(H,79,80)(H,81,82)(H4,60,65,66,69,87);/q;+3/t45?,51-;/m1./s1. The van der Waals surface area contributed by atoms with Crippen molar-refractivity contribution in [2.45, 2.75) is 57.5 Å². The van der Waals surface area contributed by atoms with Crippen LogP contribution in [-0.2, 0) is 40.1 Å².